The van der Waals surface area contributed by atoms with E-state index in [-0.39, 0.29) is 12.1 Å². The van der Waals surface area contributed by atoms with E-state index in [1.165, 1.54) is 0 Å². The van der Waals surface area contributed by atoms with Crippen molar-refractivity contribution in [2.24, 2.45) is 0 Å². The molecule has 0 spiro atoms. The van der Waals surface area contributed by atoms with Gasteiger partial charge in [0.25, 0.3) is 0 Å². The Morgan fingerprint density at radius 1 is 1.29 bits per heavy atom. The second-order valence-electron chi connectivity index (χ2n) is 4.36. The lowest BCUT2D eigenvalue weighted by Crippen LogP contribution is -2.08. The molecule has 0 aliphatic heterocycles. The lowest BCUT2D eigenvalue weighted by molar-refractivity contribution is -0.147. The van der Waals surface area contributed by atoms with Crippen LogP contribution in [0.3, 0.4) is 0 Å². The number of benzene rings is 1. The third-order valence-corrected chi connectivity index (χ3v) is 3.00. The predicted octanol–water partition coefficient (Wildman–Crippen LogP) is 3.88. The monoisotopic (exact) mass is 230 g/mol. The Labute approximate surface area is 102 Å². The van der Waals surface area contributed by atoms with Crippen molar-refractivity contribution in [2.75, 3.05) is 0 Å². The second-order valence-corrected chi connectivity index (χ2v) is 4.36. The highest BCUT2D eigenvalue weighted by atomic mass is 16.5. The minimum absolute atomic E-state index is 0.0928. The number of ether oxygens (including phenoxy) is 1. The molecular formula is C15H18O2. The molecule has 1 aliphatic rings. The van der Waals surface area contributed by atoms with Gasteiger partial charge in [0, 0.05) is 12.0 Å². The van der Waals surface area contributed by atoms with Gasteiger partial charge in [-0.3, -0.25) is 4.79 Å². The molecule has 17 heavy (non-hydrogen) atoms. The van der Waals surface area contributed by atoms with Crippen LogP contribution < -0.4 is 0 Å². The first-order valence-electron chi connectivity index (χ1n) is 6.28. The molecule has 1 atom stereocenters. The molecule has 0 saturated carbocycles. The smallest absolute Gasteiger partial charge is 0.306 e. The maximum Gasteiger partial charge on any atom is 0.306 e. The van der Waals surface area contributed by atoms with Gasteiger partial charge < -0.3 is 4.74 Å². The molecule has 1 unspecified atom stereocenters. The number of carbonyl (C=O) groups excluding carboxylic acids is 1. The summed E-state index contributed by atoms with van der Waals surface area (Å²) in [5, 5.41) is 0. The summed E-state index contributed by atoms with van der Waals surface area (Å²) in [5.41, 5.74) is 2.25. The van der Waals surface area contributed by atoms with Crippen molar-refractivity contribution in [1.82, 2.24) is 0 Å². The van der Waals surface area contributed by atoms with Crippen LogP contribution in [0.1, 0.15) is 49.8 Å². The molecule has 1 aromatic carbocycles. The Hall–Kier alpha value is -1.57. The van der Waals surface area contributed by atoms with Gasteiger partial charge in [-0.25, -0.2) is 0 Å². The first kappa shape index (κ1) is 11.9. The van der Waals surface area contributed by atoms with Crippen molar-refractivity contribution in [1.29, 1.82) is 0 Å². The molecule has 0 N–H and O–H groups in total. The van der Waals surface area contributed by atoms with E-state index in [2.05, 4.69) is 6.92 Å². The van der Waals surface area contributed by atoms with Crippen molar-refractivity contribution in [3.63, 3.8) is 0 Å². The number of hydrogen-bond acceptors (Lipinski definition) is 2. The lowest BCUT2D eigenvalue weighted by Gasteiger charge is -2.12. The van der Waals surface area contributed by atoms with E-state index in [1.54, 1.807) is 0 Å². The normalized spacial score (nSPS) is 16.9. The molecule has 0 fully saturated rings. The highest BCUT2D eigenvalue weighted by Gasteiger charge is 2.19. The fourth-order valence-electron chi connectivity index (χ4n) is 2.04. The van der Waals surface area contributed by atoms with E-state index < -0.39 is 0 Å². The van der Waals surface area contributed by atoms with Crippen LogP contribution in [0.5, 0.6) is 0 Å². The first-order valence-corrected chi connectivity index (χ1v) is 6.28. The molecular weight excluding hydrogens is 212 g/mol. The second kappa shape index (κ2) is 5.67. The van der Waals surface area contributed by atoms with Crippen molar-refractivity contribution in [3.05, 3.63) is 41.5 Å². The molecule has 0 radical (unpaired) electrons. The molecule has 90 valence electrons. The fraction of sp³-hybridized carbons (Fsp3) is 0.400. The SMILES string of the molecule is CCCCCC(=O)OC1C=Cc2ccccc21. The summed E-state index contributed by atoms with van der Waals surface area (Å²) >= 11 is 0. The average molecular weight is 230 g/mol. The maximum absolute atomic E-state index is 11.6. The Kier molecular flexibility index (Phi) is 3.97. The minimum Gasteiger partial charge on any atom is -0.453 e. The van der Waals surface area contributed by atoms with Crippen LogP contribution in [-0.4, -0.2) is 5.97 Å². The van der Waals surface area contributed by atoms with E-state index in [1.807, 2.05) is 36.4 Å². The van der Waals surface area contributed by atoms with Gasteiger partial charge in [-0.05, 0) is 18.1 Å². The molecule has 0 aromatic heterocycles. The van der Waals surface area contributed by atoms with Gasteiger partial charge in [-0.1, -0.05) is 50.1 Å². The van der Waals surface area contributed by atoms with Gasteiger partial charge in [0.15, 0.2) is 0 Å². The highest BCUT2D eigenvalue weighted by Crippen LogP contribution is 2.30. The van der Waals surface area contributed by atoms with Crippen LogP contribution in [-0.2, 0) is 9.53 Å². The molecule has 2 nitrogen and oxygen atoms in total. The van der Waals surface area contributed by atoms with Crippen molar-refractivity contribution in [3.8, 4) is 0 Å². The summed E-state index contributed by atoms with van der Waals surface area (Å²) in [6, 6.07) is 8.02. The Bertz CT molecular complexity index is 421. The molecule has 2 heteroatoms. The number of esters is 1. The molecule has 1 aromatic rings. The molecule has 2 rings (SSSR count). The Morgan fingerprint density at radius 2 is 2.12 bits per heavy atom. The average Bonchev–Trinajstić information content (AvgIpc) is 2.73. The highest BCUT2D eigenvalue weighted by molar-refractivity contribution is 5.71. The summed E-state index contributed by atoms with van der Waals surface area (Å²) in [6.45, 7) is 2.13. The zero-order valence-corrected chi connectivity index (χ0v) is 10.2. The van der Waals surface area contributed by atoms with Crippen molar-refractivity contribution < 1.29 is 9.53 Å². The maximum atomic E-state index is 11.6. The van der Waals surface area contributed by atoms with Gasteiger partial charge in [-0.15, -0.1) is 0 Å². The fourth-order valence-corrected chi connectivity index (χ4v) is 2.04. The zero-order valence-electron chi connectivity index (χ0n) is 10.2. The number of unbranched alkanes of at least 4 members (excludes halogenated alkanes) is 2. The van der Waals surface area contributed by atoms with Gasteiger partial charge in [0.05, 0.1) is 0 Å². The third-order valence-electron chi connectivity index (χ3n) is 3.00. The summed E-state index contributed by atoms with van der Waals surface area (Å²) < 4.78 is 5.46. The van der Waals surface area contributed by atoms with Crippen LogP contribution in [0.2, 0.25) is 0 Å². The van der Waals surface area contributed by atoms with E-state index in [4.69, 9.17) is 4.74 Å². The first-order chi connectivity index (χ1) is 8.31. The molecule has 0 bridgehead atoms. The topological polar surface area (TPSA) is 26.3 Å². The molecule has 0 saturated heterocycles. The minimum atomic E-state index is -0.180. The van der Waals surface area contributed by atoms with E-state index >= 15 is 0 Å². The number of rotatable bonds is 5. The van der Waals surface area contributed by atoms with E-state index in [0.717, 1.165) is 30.4 Å². The quantitative estimate of drug-likeness (QED) is 0.567. The lowest BCUT2D eigenvalue weighted by atomic mass is 10.1. The van der Waals surface area contributed by atoms with Gasteiger partial charge in [0.1, 0.15) is 6.10 Å². The summed E-state index contributed by atoms with van der Waals surface area (Å²) in [4.78, 5) is 11.6. The van der Waals surface area contributed by atoms with Gasteiger partial charge >= 0.3 is 5.97 Å². The van der Waals surface area contributed by atoms with Crippen molar-refractivity contribution in [2.45, 2.75) is 38.7 Å². The number of fused-ring (bicyclic) bond motifs is 1. The van der Waals surface area contributed by atoms with Crippen LogP contribution in [0.15, 0.2) is 30.3 Å². The summed E-state index contributed by atoms with van der Waals surface area (Å²) in [6.07, 6.45) is 7.45. The van der Waals surface area contributed by atoms with Gasteiger partial charge in [0.2, 0.25) is 0 Å². The number of carbonyl (C=O) groups is 1. The van der Waals surface area contributed by atoms with E-state index in [0.29, 0.717) is 6.42 Å². The zero-order chi connectivity index (χ0) is 12.1. The summed E-state index contributed by atoms with van der Waals surface area (Å²) in [5.74, 6) is -0.0928. The van der Waals surface area contributed by atoms with Crippen LogP contribution in [0, 0.1) is 0 Å². The Balaban J connectivity index is 1.89. The van der Waals surface area contributed by atoms with Crippen molar-refractivity contribution >= 4 is 12.0 Å². The third kappa shape index (κ3) is 2.96. The molecule has 1 aliphatic carbocycles. The Morgan fingerprint density at radius 3 is 2.94 bits per heavy atom. The van der Waals surface area contributed by atoms with Crippen LogP contribution >= 0.6 is 0 Å². The molecule has 0 heterocycles. The number of hydrogen-bond donors (Lipinski definition) is 0. The van der Waals surface area contributed by atoms with Crippen LogP contribution in [0.25, 0.3) is 6.08 Å². The van der Waals surface area contributed by atoms with Gasteiger partial charge in [-0.2, -0.15) is 0 Å². The van der Waals surface area contributed by atoms with E-state index in [9.17, 15) is 4.79 Å². The molecule has 0 amide bonds. The standard InChI is InChI=1S/C15H18O2/c1-2-3-4-9-15(16)17-14-11-10-12-7-5-6-8-13(12)14/h5-8,10-11,14H,2-4,9H2,1H3. The predicted molar refractivity (Wildman–Crippen MR) is 68.5 cm³/mol. The summed E-state index contributed by atoms with van der Waals surface area (Å²) in [7, 11) is 0. The largest absolute Gasteiger partial charge is 0.453 e. The van der Waals surface area contributed by atoms with Crippen LogP contribution in [0.4, 0.5) is 0 Å².